The van der Waals surface area contributed by atoms with Gasteiger partial charge in [0.25, 0.3) is 0 Å². The van der Waals surface area contributed by atoms with Gasteiger partial charge in [0.2, 0.25) is 5.91 Å². The SMILES string of the molecule is CCCC(=O)NC(CSC/C=C(\C)CC/C=C(\C)CCC=C(C)C)C(C)=O. The fourth-order valence-corrected chi connectivity index (χ4v) is 3.57. The predicted molar refractivity (Wildman–Crippen MR) is 120 cm³/mol. The molecule has 1 amide bonds. The van der Waals surface area contributed by atoms with Crippen molar-refractivity contribution in [2.75, 3.05) is 11.5 Å². The summed E-state index contributed by atoms with van der Waals surface area (Å²) in [6.07, 6.45) is 12.6. The number of nitrogens with one attached hydrogen (secondary N) is 1. The van der Waals surface area contributed by atoms with Crippen LogP contribution in [0.4, 0.5) is 0 Å². The molecule has 0 aliphatic rings. The Kier molecular flexibility index (Phi) is 15.0. The number of hydrogen-bond acceptors (Lipinski definition) is 3. The first kappa shape index (κ1) is 25.7. The molecule has 0 saturated carbocycles. The van der Waals surface area contributed by atoms with E-state index in [9.17, 15) is 9.59 Å². The molecule has 1 unspecified atom stereocenters. The third-order valence-electron chi connectivity index (χ3n) is 4.26. The van der Waals surface area contributed by atoms with E-state index in [0.29, 0.717) is 12.2 Å². The molecule has 3 nitrogen and oxygen atoms in total. The van der Waals surface area contributed by atoms with Gasteiger partial charge in [0, 0.05) is 17.9 Å². The molecule has 154 valence electrons. The van der Waals surface area contributed by atoms with Crippen LogP contribution >= 0.6 is 11.8 Å². The minimum absolute atomic E-state index is 0.0291. The van der Waals surface area contributed by atoms with Gasteiger partial charge in [0.05, 0.1) is 6.04 Å². The van der Waals surface area contributed by atoms with Crippen molar-refractivity contribution >= 4 is 23.5 Å². The summed E-state index contributed by atoms with van der Waals surface area (Å²) in [4.78, 5) is 23.4. The van der Waals surface area contributed by atoms with Crippen molar-refractivity contribution in [2.24, 2.45) is 0 Å². The highest BCUT2D eigenvalue weighted by Crippen LogP contribution is 2.13. The van der Waals surface area contributed by atoms with Gasteiger partial charge in [0.15, 0.2) is 5.78 Å². The van der Waals surface area contributed by atoms with Crippen molar-refractivity contribution in [1.82, 2.24) is 5.32 Å². The van der Waals surface area contributed by atoms with E-state index in [2.05, 4.69) is 51.2 Å². The van der Waals surface area contributed by atoms with Gasteiger partial charge in [-0.15, -0.1) is 0 Å². The van der Waals surface area contributed by atoms with Crippen LogP contribution in [-0.2, 0) is 9.59 Å². The molecule has 0 aromatic heterocycles. The normalized spacial score (nSPS) is 13.3. The lowest BCUT2D eigenvalue weighted by molar-refractivity contribution is -0.126. The fourth-order valence-electron chi connectivity index (χ4n) is 2.48. The molecule has 0 radical (unpaired) electrons. The minimum Gasteiger partial charge on any atom is -0.345 e. The molecule has 0 aliphatic carbocycles. The van der Waals surface area contributed by atoms with Crippen molar-refractivity contribution in [3.63, 3.8) is 0 Å². The summed E-state index contributed by atoms with van der Waals surface area (Å²) in [7, 11) is 0. The van der Waals surface area contributed by atoms with Crippen LogP contribution < -0.4 is 5.32 Å². The zero-order valence-corrected chi connectivity index (χ0v) is 19.0. The Morgan fingerprint density at radius 2 is 1.48 bits per heavy atom. The third-order valence-corrected chi connectivity index (χ3v) is 5.23. The lowest BCUT2D eigenvalue weighted by Crippen LogP contribution is -2.41. The summed E-state index contributed by atoms with van der Waals surface area (Å²) in [5.41, 5.74) is 4.23. The van der Waals surface area contributed by atoms with E-state index in [1.54, 1.807) is 18.7 Å². The zero-order valence-electron chi connectivity index (χ0n) is 18.2. The Morgan fingerprint density at radius 3 is 2.04 bits per heavy atom. The molecule has 0 aliphatic heterocycles. The van der Waals surface area contributed by atoms with Crippen LogP contribution in [0.2, 0.25) is 0 Å². The van der Waals surface area contributed by atoms with Crippen molar-refractivity contribution in [3.05, 3.63) is 34.9 Å². The van der Waals surface area contributed by atoms with Gasteiger partial charge in [-0.2, -0.15) is 11.8 Å². The molecule has 27 heavy (non-hydrogen) atoms. The highest BCUT2D eigenvalue weighted by Gasteiger charge is 2.16. The lowest BCUT2D eigenvalue weighted by Gasteiger charge is -2.15. The minimum atomic E-state index is -0.367. The summed E-state index contributed by atoms with van der Waals surface area (Å²) in [6.45, 7) is 12.2. The maximum absolute atomic E-state index is 11.7. The summed E-state index contributed by atoms with van der Waals surface area (Å²) in [6, 6.07) is -0.367. The molecular formula is C23H39NO2S. The van der Waals surface area contributed by atoms with Gasteiger partial charge in [-0.25, -0.2) is 0 Å². The van der Waals surface area contributed by atoms with E-state index in [1.165, 1.54) is 16.7 Å². The number of carbonyl (C=O) groups excluding carboxylic acids is 2. The number of rotatable bonds is 14. The van der Waals surface area contributed by atoms with E-state index in [0.717, 1.165) is 37.9 Å². The molecule has 0 heterocycles. The van der Waals surface area contributed by atoms with Gasteiger partial charge in [-0.3, -0.25) is 9.59 Å². The van der Waals surface area contributed by atoms with Gasteiger partial charge in [-0.1, -0.05) is 41.9 Å². The number of amides is 1. The predicted octanol–water partition coefficient (Wildman–Crippen LogP) is 6.01. The maximum Gasteiger partial charge on any atom is 0.220 e. The first-order chi connectivity index (χ1) is 12.8. The average molecular weight is 394 g/mol. The average Bonchev–Trinajstić information content (AvgIpc) is 2.57. The molecule has 0 aromatic rings. The van der Waals surface area contributed by atoms with Crippen LogP contribution in [0.3, 0.4) is 0 Å². The van der Waals surface area contributed by atoms with Crippen molar-refractivity contribution in [1.29, 1.82) is 0 Å². The number of carbonyl (C=O) groups is 2. The topological polar surface area (TPSA) is 46.2 Å². The molecule has 0 rings (SSSR count). The Bertz CT molecular complexity index is 543. The number of allylic oxidation sites excluding steroid dienone is 5. The summed E-state index contributed by atoms with van der Waals surface area (Å²) < 4.78 is 0. The van der Waals surface area contributed by atoms with Crippen molar-refractivity contribution in [3.8, 4) is 0 Å². The summed E-state index contributed by atoms with van der Waals surface area (Å²) in [5.74, 6) is 1.51. The molecule has 4 heteroatoms. The van der Waals surface area contributed by atoms with Crippen molar-refractivity contribution in [2.45, 2.75) is 86.1 Å². The second kappa shape index (κ2) is 15.7. The van der Waals surface area contributed by atoms with E-state index < -0.39 is 0 Å². The zero-order chi connectivity index (χ0) is 20.7. The van der Waals surface area contributed by atoms with E-state index in [1.807, 2.05) is 6.92 Å². The quantitative estimate of drug-likeness (QED) is 0.290. The van der Waals surface area contributed by atoms with Crippen molar-refractivity contribution < 1.29 is 9.59 Å². The van der Waals surface area contributed by atoms with Gasteiger partial charge < -0.3 is 5.32 Å². The van der Waals surface area contributed by atoms with Gasteiger partial charge in [-0.05, 0) is 66.7 Å². The van der Waals surface area contributed by atoms with Crippen LogP contribution in [0.5, 0.6) is 0 Å². The maximum atomic E-state index is 11.7. The van der Waals surface area contributed by atoms with E-state index in [-0.39, 0.29) is 17.7 Å². The standard InChI is InChI=1S/C23H39NO2S/c1-7-10-23(26)24-22(21(6)25)17-27-16-15-20(5)14-9-13-19(4)12-8-11-18(2)3/h11,13,15,22H,7-10,12,14,16-17H2,1-6H3,(H,24,26)/b19-13+,20-15+. The molecule has 1 atom stereocenters. The Morgan fingerprint density at radius 1 is 0.889 bits per heavy atom. The number of hydrogen-bond donors (Lipinski definition) is 1. The first-order valence-electron chi connectivity index (χ1n) is 10.1. The number of Topliss-reactive ketones (excluding diaryl/α,β-unsaturated/α-hetero) is 1. The second-order valence-corrected chi connectivity index (χ2v) is 8.55. The van der Waals surface area contributed by atoms with Crippen LogP contribution in [-0.4, -0.2) is 29.2 Å². The Hall–Kier alpha value is -1.29. The largest absolute Gasteiger partial charge is 0.345 e. The van der Waals surface area contributed by atoms with Crippen LogP contribution in [0.25, 0.3) is 0 Å². The number of ketones is 1. The Labute approximate surface area is 171 Å². The van der Waals surface area contributed by atoms with E-state index in [4.69, 9.17) is 0 Å². The second-order valence-electron chi connectivity index (χ2n) is 7.48. The summed E-state index contributed by atoms with van der Waals surface area (Å²) in [5, 5.41) is 2.83. The first-order valence-corrected chi connectivity index (χ1v) is 11.2. The smallest absolute Gasteiger partial charge is 0.220 e. The molecule has 0 bridgehead atoms. The molecular weight excluding hydrogens is 354 g/mol. The molecule has 0 saturated heterocycles. The lowest BCUT2D eigenvalue weighted by atomic mass is 10.1. The highest BCUT2D eigenvalue weighted by atomic mass is 32.2. The Balaban J connectivity index is 4.14. The van der Waals surface area contributed by atoms with Gasteiger partial charge in [0.1, 0.15) is 0 Å². The third kappa shape index (κ3) is 15.5. The van der Waals surface area contributed by atoms with Gasteiger partial charge >= 0.3 is 0 Å². The van der Waals surface area contributed by atoms with E-state index >= 15 is 0 Å². The van der Waals surface area contributed by atoms with Crippen LogP contribution in [0, 0.1) is 0 Å². The molecule has 0 spiro atoms. The fraction of sp³-hybridized carbons (Fsp3) is 0.652. The monoisotopic (exact) mass is 393 g/mol. The van der Waals surface area contributed by atoms with Crippen LogP contribution in [0.15, 0.2) is 34.9 Å². The molecule has 0 aromatic carbocycles. The number of thioether (sulfide) groups is 1. The highest BCUT2D eigenvalue weighted by molar-refractivity contribution is 7.99. The summed E-state index contributed by atoms with van der Waals surface area (Å²) >= 11 is 1.70. The molecule has 1 N–H and O–H groups in total. The molecule has 0 fully saturated rings. The van der Waals surface area contributed by atoms with Crippen LogP contribution in [0.1, 0.15) is 80.1 Å².